The molecule has 4 rings (SSSR count). The zero-order valence-electron chi connectivity index (χ0n) is 15.7. The van der Waals surface area contributed by atoms with E-state index in [4.69, 9.17) is 23.2 Å². The summed E-state index contributed by atoms with van der Waals surface area (Å²) in [6.07, 6.45) is 0. The average Bonchev–Trinajstić information content (AvgIpc) is 2.77. The van der Waals surface area contributed by atoms with Crippen molar-refractivity contribution in [2.45, 2.75) is 11.4 Å². The monoisotopic (exact) mass is 456 g/mol. The lowest BCUT2D eigenvalue weighted by Gasteiger charge is -2.44. The van der Waals surface area contributed by atoms with Crippen LogP contribution in [0.25, 0.3) is 0 Å². The minimum Gasteiger partial charge on any atom is -0.508 e. The van der Waals surface area contributed by atoms with Gasteiger partial charge in [-0.2, -0.15) is 5.11 Å². The van der Waals surface area contributed by atoms with Crippen molar-refractivity contribution < 1.29 is 14.8 Å². The Kier molecular flexibility index (Phi) is 5.58. The molecule has 0 bridgehead atoms. The van der Waals surface area contributed by atoms with Gasteiger partial charge in [-0.1, -0.05) is 35.9 Å². The topological polar surface area (TPSA) is 108 Å². The van der Waals surface area contributed by atoms with Crippen LogP contribution in [-0.4, -0.2) is 21.3 Å². The molecule has 3 aromatic carbocycles. The SMILES string of the molecule is O=C1C(Cl)C(c2cc(N=Nc3ccccc3Cl)ccc2O)N1c1ccccc1[N+](=O)[O-]. The smallest absolute Gasteiger partial charge is 0.292 e. The minimum atomic E-state index is -0.999. The first-order valence-electron chi connectivity index (χ1n) is 9.08. The van der Waals surface area contributed by atoms with Crippen molar-refractivity contribution >= 4 is 51.9 Å². The number of alkyl halides is 1. The van der Waals surface area contributed by atoms with E-state index in [1.165, 1.54) is 41.3 Å². The van der Waals surface area contributed by atoms with Crippen LogP contribution in [-0.2, 0) is 4.79 Å². The fourth-order valence-corrected chi connectivity index (χ4v) is 3.85. The van der Waals surface area contributed by atoms with E-state index in [1.54, 1.807) is 30.3 Å². The molecule has 1 amide bonds. The number of phenolic OH excluding ortho intramolecular Hbond substituents is 1. The molecule has 156 valence electrons. The Hall–Kier alpha value is -3.49. The van der Waals surface area contributed by atoms with Crippen molar-refractivity contribution in [2.75, 3.05) is 4.90 Å². The van der Waals surface area contributed by atoms with Crippen molar-refractivity contribution in [3.05, 3.63) is 87.4 Å². The van der Waals surface area contributed by atoms with Gasteiger partial charge in [0.05, 0.1) is 21.7 Å². The molecule has 1 aliphatic heterocycles. The number of rotatable bonds is 5. The average molecular weight is 457 g/mol. The lowest BCUT2D eigenvalue weighted by atomic mass is 9.91. The Morgan fingerprint density at radius 3 is 2.48 bits per heavy atom. The molecule has 0 radical (unpaired) electrons. The number of benzene rings is 3. The molecule has 0 aromatic heterocycles. The molecule has 2 atom stereocenters. The van der Waals surface area contributed by atoms with Crippen LogP contribution in [0.15, 0.2) is 77.0 Å². The molecule has 1 aliphatic rings. The van der Waals surface area contributed by atoms with Gasteiger partial charge in [0.25, 0.3) is 5.69 Å². The number of anilines is 1. The van der Waals surface area contributed by atoms with Gasteiger partial charge >= 0.3 is 0 Å². The molecule has 0 spiro atoms. The van der Waals surface area contributed by atoms with Crippen molar-refractivity contribution in [1.82, 2.24) is 0 Å². The van der Waals surface area contributed by atoms with Gasteiger partial charge in [0, 0.05) is 11.6 Å². The fraction of sp³-hybridized carbons (Fsp3) is 0.0952. The predicted molar refractivity (Wildman–Crippen MR) is 117 cm³/mol. The van der Waals surface area contributed by atoms with Crippen LogP contribution >= 0.6 is 23.2 Å². The van der Waals surface area contributed by atoms with Crippen LogP contribution in [0.2, 0.25) is 5.02 Å². The third-order valence-corrected chi connectivity index (χ3v) is 5.57. The summed E-state index contributed by atoms with van der Waals surface area (Å²) >= 11 is 12.3. The maximum Gasteiger partial charge on any atom is 0.292 e. The lowest BCUT2D eigenvalue weighted by molar-refractivity contribution is -0.384. The van der Waals surface area contributed by atoms with E-state index in [2.05, 4.69) is 10.2 Å². The molecule has 2 unspecified atom stereocenters. The third kappa shape index (κ3) is 3.83. The maximum absolute atomic E-state index is 12.5. The number of nitrogens with zero attached hydrogens (tertiary/aromatic N) is 4. The number of para-hydroxylation sites is 2. The molecule has 1 saturated heterocycles. The number of hydrogen-bond acceptors (Lipinski definition) is 6. The molecule has 3 aromatic rings. The van der Waals surface area contributed by atoms with Crippen molar-refractivity contribution in [1.29, 1.82) is 0 Å². The molecule has 10 heteroatoms. The largest absolute Gasteiger partial charge is 0.508 e. The zero-order valence-corrected chi connectivity index (χ0v) is 17.2. The number of halogens is 2. The summed E-state index contributed by atoms with van der Waals surface area (Å²) in [5, 5.41) is 29.5. The second-order valence-electron chi connectivity index (χ2n) is 6.70. The van der Waals surface area contributed by atoms with Crippen LogP contribution in [0.5, 0.6) is 5.75 Å². The van der Waals surface area contributed by atoms with Crippen molar-refractivity contribution in [3.63, 3.8) is 0 Å². The van der Waals surface area contributed by atoms with Gasteiger partial charge in [-0.15, -0.1) is 16.7 Å². The van der Waals surface area contributed by atoms with E-state index in [-0.39, 0.29) is 17.1 Å². The summed E-state index contributed by atoms with van der Waals surface area (Å²) in [6, 6.07) is 16.4. The van der Waals surface area contributed by atoms with Gasteiger partial charge < -0.3 is 5.11 Å². The summed E-state index contributed by atoms with van der Waals surface area (Å²) in [5.74, 6) is -0.619. The summed E-state index contributed by atoms with van der Waals surface area (Å²) in [5.41, 5.74) is 1.02. The fourth-order valence-electron chi connectivity index (χ4n) is 3.33. The minimum absolute atomic E-state index is 0.0990. The number of β-lactam (4-membered cyclic amide) rings is 1. The number of azo groups is 1. The molecular formula is C21H14Cl2N4O4. The number of hydrogen-bond donors (Lipinski definition) is 1. The normalized spacial score (nSPS) is 18.3. The third-order valence-electron chi connectivity index (χ3n) is 4.82. The summed E-state index contributed by atoms with van der Waals surface area (Å²) < 4.78 is 0. The molecule has 0 saturated carbocycles. The number of amides is 1. The Morgan fingerprint density at radius 2 is 1.74 bits per heavy atom. The van der Waals surface area contributed by atoms with E-state index in [9.17, 15) is 20.0 Å². The van der Waals surface area contributed by atoms with Gasteiger partial charge in [0.2, 0.25) is 5.91 Å². The summed E-state index contributed by atoms with van der Waals surface area (Å²) in [6.45, 7) is 0. The Bertz CT molecular complexity index is 1220. The number of nitro groups is 1. The number of nitro benzene ring substituents is 1. The Morgan fingerprint density at radius 1 is 1.03 bits per heavy atom. The molecule has 8 nitrogen and oxygen atoms in total. The Balaban J connectivity index is 1.72. The maximum atomic E-state index is 12.5. The van der Waals surface area contributed by atoms with E-state index in [0.717, 1.165) is 0 Å². The van der Waals surface area contributed by atoms with Gasteiger partial charge in [-0.25, -0.2) is 0 Å². The van der Waals surface area contributed by atoms with Gasteiger partial charge in [0.1, 0.15) is 22.5 Å². The van der Waals surface area contributed by atoms with E-state index >= 15 is 0 Å². The Labute approximate surface area is 186 Å². The van der Waals surface area contributed by atoms with Crippen molar-refractivity contribution in [2.24, 2.45) is 10.2 Å². The number of carbonyl (C=O) groups is 1. The van der Waals surface area contributed by atoms with Gasteiger partial charge in [-0.05, 0) is 36.4 Å². The van der Waals surface area contributed by atoms with Crippen LogP contribution in [0, 0.1) is 10.1 Å². The van der Waals surface area contributed by atoms with E-state index in [0.29, 0.717) is 22.0 Å². The standard InChI is InChI=1S/C21H14Cl2N4O4/c22-14-5-1-2-6-15(14)25-24-12-9-10-18(28)13(11-12)20-19(23)21(29)26(20)16-7-3-4-8-17(16)27(30)31/h1-11,19-20,28H. The number of carbonyl (C=O) groups excluding carboxylic acids is 1. The van der Waals surface area contributed by atoms with Crippen LogP contribution in [0.1, 0.15) is 11.6 Å². The quantitative estimate of drug-likeness (QED) is 0.165. The molecule has 0 aliphatic carbocycles. The molecular weight excluding hydrogens is 443 g/mol. The first kappa shape index (κ1) is 20.8. The highest BCUT2D eigenvalue weighted by atomic mass is 35.5. The highest BCUT2D eigenvalue weighted by Crippen LogP contribution is 2.48. The van der Waals surface area contributed by atoms with Gasteiger partial charge in [-0.3, -0.25) is 19.8 Å². The van der Waals surface area contributed by atoms with Gasteiger partial charge in [0.15, 0.2) is 0 Å². The summed E-state index contributed by atoms with van der Waals surface area (Å²) in [4.78, 5) is 24.5. The highest BCUT2D eigenvalue weighted by Gasteiger charge is 2.50. The molecule has 1 fully saturated rings. The zero-order chi connectivity index (χ0) is 22.1. The first-order chi connectivity index (χ1) is 14.9. The lowest BCUT2D eigenvalue weighted by Crippen LogP contribution is -2.56. The number of phenols is 1. The van der Waals surface area contributed by atoms with E-state index < -0.39 is 22.2 Å². The van der Waals surface area contributed by atoms with Crippen LogP contribution < -0.4 is 4.90 Å². The molecule has 1 heterocycles. The second-order valence-corrected chi connectivity index (χ2v) is 7.57. The van der Waals surface area contributed by atoms with Crippen LogP contribution in [0.3, 0.4) is 0 Å². The second kappa shape index (κ2) is 8.33. The van der Waals surface area contributed by atoms with Crippen LogP contribution in [0.4, 0.5) is 22.7 Å². The first-order valence-corrected chi connectivity index (χ1v) is 9.89. The summed E-state index contributed by atoms with van der Waals surface area (Å²) in [7, 11) is 0. The molecule has 31 heavy (non-hydrogen) atoms. The molecule has 1 N–H and O–H groups in total. The predicted octanol–water partition coefficient (Wildman–Crippen LogP) is 6.06. The van der Waals surface area contributed by atoms with E-state index in [1.807, 2.05) is 0 Å². The highest BCUT2D eigenvalue weighted by molar-refractivity contribution is 6.37. The number of aromatic hydroxyl groups is 1. The van der Waals surface area contributed by atoms with Crippen molar-refractivity contribution in [3.8, 4) is 5.75 Å².